The zero-order chi connectivity index (χ0) is 14.0. The monoisotopic (exact) mass is 265 g/mol. The maximum Gasteiger partial charge on any atom is 0.274 e. The van der Waals surface area contributed by atoms with Crippen LogP contribution in [0.15, 0.2) is 30.4 Å². The molecule has 1 aromatic rings. The Labute approximate surface area is 108 Å². The minimum absolute atomic E-state index is 0.0607. The van der Waals surface area contributed by atoms with Crippen LogP contribution in [-0.4, -0.2) is 16.9 Å². The van der Waals surface area contributed by atoms with Gasteiger partial charge >= 0.3 is 0 Å². The lowest BCUT2D eigenvalue weighted by atomic mass is 10.1. The number of nitro groups is 1. The molecule has 0 saturated heterocycles. The smallest absolute Gasteiger partial charge is 0.274 e. The highest BCUT2D eigenvalue weighted by atomic mass is 19.1. The molecule has 0 heterocycles. The Morgan fingerprint density at radius 2 is 2.16 bits per heavy atom. The van der Waals surface area contributed by atoms with Gasteiger partial charge in [-0.15, -0.1) is 0 Å². The minimum atomic E-state index is -0.775. The molecule has 0 radical (unpaired) electrons. The van der Waals surface area contributed by atoms with Crippen LogP contribution in [0.2, 0.25) is 0 Å². The molecule has 2 rings (SSSR count). The minimum Gasteiger partial charge on any atom is -0.325 e. The van der Waals surface area contributed by atoms with Crippen molar-refractivity contribution in [2.75, 3.05) is 5.32 Å². The number of hydrogen-bond acceptors (Lipinski definition) is 4. The molecule has 0 aliphatic heterocycles. The molecular formula is C12H12FN3O3. The number of amides is 1. The third-order valence-corrected chi connectivity index (χ3v) is 2.81. The maximum atomic E-state index is 13.2. The van der Waals surface area contributed by atoms with Gasteiger partial charge in [0.25, 0.3) is 5.69 Å². The number of benzene rings is 1. The van der Waals surface area contributed by atoms with Gasteiger partial charge in [0, 0.05) is 12.1 Å². The zero-order valence-electron chi connectivity index (χ0n) is 9.88. The van der Waals surface area contributed by atoms with E-state index in [2.05, 4.69) is 5.32 Å². The van der Waals surface area contributed by atoms with Gasteiger partial charge in [0.1, 0.15) is 5.82 Å². The first-order valence-corrected chi connectivity index (χ1v) is 5.65. The van der Waals surface area contributed by atoms with Crippen molar-refractivity contribution in [2.45, 2.75) is 12.5 Å². The van der Waals surface area contributed by atoms with Crippen molar-refractivity contribution in [3.05, 3.63) is 46.3 Å². The van der Waals surface area contributed by atoms with E-state index in [0.29, 0.717) is 6.42 Å². The lowest BCUT2D eigenvalue weighted by molar-refractivity contribution is -0.385. The molecule has 2 atom stereocenters. The number of nitro benzene ring substituents is 1. The molecule has 3 N–H and O–H groups in total. The largest absolute Gasteiger partial charge is 0.325 e. The highest BCUT2D eigenvalue weighted by molar-refractivity contribution is 5.94. The van der Waals surface area contributed by atoms with Crippen LogP contribution in [0.3, 0.4) is 0 Å². The Bertz CT molecular complexity index is 559. The van der Waals surface area contributed by atoms with E-state index in [9.17, 15) is 19.3 Å². The van der Waals surface area contributed by atoms with Gasteiger partial charge in [0.05, 0.1) is 22.6 Å². The summed E-state index contributed by atoms with van der Waals surface area (Å²) in [6.07, 6.45) is 3.87. The van der Waals surface area contributed by atoms with Crippen LogP contribution >= 0.6 is 0 Å². The first-order valence-electron chi connectivity index (χ1n) is 5.65. The van der Waals surface area contributed by atoms with Gasteiger partial charge in [0.2, 0.25) is 5.91 Å². The number of carbonyl (C=O) groups excluding carboxylic acids is 1. The summed E-state index contributed by atoms with van der Waals surface area (Å²) in [6, 6.07) is 2.77. The number of anilines is 1. The highest BCUT2D eigenvalue weighted by Gasteiger charge is 2.23. The van der Waals surface area contributed by atoms with Crippen LogP contribution < -0.4 is 11.1 Å². The molecule has 19 heavy (non-hydrogen) atoms. The van der Waals surface area contributed by atoms with Gasteiger partial charge in [-0.25, -0.2) is 4.39 Å². The van der Waals surface area contributed by atoms with Gasteiger partial charge < -0.3 is 11.1 Å². The Balaban J connectivity index is 2.13. The van der Waals surface area contributed by atoms with Crippen molar-refractivity contribution < 1.29 is 14.1 Å². The zero-order valence-corrected chi connectivity index (χ0v) is 9.88. The number of non-ortho nitro benzene ring substituents is 1. The van der Waals surface area contributed by atoms with Gasteiger partial charge in [-0.05, 0) is 12.5 Å². The second-order valence-electron chi connectivity index (χ2n) is 4.34. The predicted molar refractivity (Wildman–Crippen MR) is 66.9 cm³/mol. The second kappa shape index (κ2) is 5.15. The van der Waals surface area contributed by atoms with Gasteiger partial charge in [-0.2, -0.15) is 0 Å². The van der Waals surface area contributed by atoms with E-state index >= 15 is 0 Å². The van der Waals surface area contributed by atoms with Crippen LogP contribution in [0.1, 0.15) is 6.42 Å². The number of halogens is 1. The lowest BCUT2D eigenvalue weighted by Gasteiger charge is -2.10. The van der Waals surface area contributed by atoms with Gasteiger partial charge in [-0.1, -0.05) is 12.2 Å². The molecule has 0 fully saturated rings. The average molecular weight is 265 g/mol. The molecule has 0 saturated carbocycles. The molecule has 2 unspecified atom stereocenters. The third-order valence-electron chi connectivity index (χ3n) is 2.81. The van der Waals surface area contributed by atoms with E-state index in [1.165, 1.54) is 0 Å². The molecule has 1 amide bonds. The number of nitrogens with two attached hydrogens (primary N) is 1. The molecule has 1 aliphatic carbocycles. The van der Waals surface area contributed by atoms with Crippen molar-refractivity contribution in [1.82, 2.24) is 0 Å². The summed E-state index contributed by atoms with van der Waals surface area (Å²) >= 11 is 0. The Morgan fingerprint density at radius 1 is 1.42 bits per heavy atom. The summed E-state index contributed by atoms with van der Waals surface area (Å²) in [5.74, 6) is -1.52. The SMILES string of the molecule is NC1C=CC(C(=O)Nc2cc(F)cc([N+](=O)[O-])c2)C1. The number of nitrogens with zero attached hydrogens (tertiary/aromatic N) is 1. The fourth-order valence-electron chi connectivity index (χ4n) is 1.91. The van der Waals surface area contributed by atoms with Crippen molar-refractivity contribution >= 4 is 17.3 Å². The number of carbonyl (C=O) groups is 1. The summed E-state index contributed by atoms with van der Waals surface area (Å²) in [5.41, 5.74) is 5.28. The standard InChI is InChI=1S/C12H12FN3O3/c13-8-4-10(6-11(5-8)16(18)19)15-12(17)7-1-2-9(14)3-7/h1-2,4-7,9H,3,14H2,(H,15,17). The van der Waals surface area contributed by atoms with E-state index in [-0.39, 0.29) is 17.6 Å². The van der Waals surface area contributed by atoms with E-state index < -0.39 is 22.3 Å². The van der Waals surface area contributed by atoms with Crippen LogP contribution in [0.25, 0.3) is 0 Å². The fourth-order valence-corrected chi connectivity index (χ4v) is 1.91. The number of rotatable bonds is 3. The Morgan fingerprint density at radius 3 is 2.74 bits per heavy atom. The van der Waals surface area contributed by atoms with Gasteiger partial charge in [-0.3, -0.25) is 14.9 Å². The Kier molecular flexibility index (Phi) is 3.57. The first-order chi connectivity index (χ1) is 8.95. The summed E-state index contributed by atoms with van der Waals surface area (Å²) < 4.78 is 13.2. The van der Waals surface area contributed by atoms with Crippen LogP contribution in [0.4, 0.5) is 15.8 Å². The predicted octanol–water partition coefficient (Wildman–Crippen LogP) is 1.58. The molecule has 0 spiro atoms. The molecule has 1 aromatic carbocycles. The van der Waals surface area contributed by atoms with Crippen molar-refractivity contribution in [1.29, 1.82) is 0 Å². The normalized spacial score (nSPS) is 21.4. The number of hydrogen-bond donors (Lipinski definition) is 2. The van der Waals surface area contributed by atoms with Crippen molar-refractivity contribution in [3.8, 4) is 0 Å². The summed E-state index contributed by atoms with van der Waals surface area (Å²) in [5, 5.41) is 13.0. The molecule has 1 aliphatic rings. The molecule has 6 nitrogen and oxygen atoms in total. The summed E-state index contributed by atoms with van der Waals surface area (Å²) in [7, 11) is 0. The third kappa shape index (κ3) is 3.14. The quantitative estimate of drug-likeness (QED) is 0.492. The highest BCUT2D eigenvalue weighted by Crippen LogP contribution is 2.22. The van der Waals surface area contributed by atoms with Crippen molar-refractivity contribution in [2.24, 2.45) is 11.7 Å². The second-order valence-corrected chi connectivity index (χ2v) is 4.34. The van der Waals surface area contributed by atoms with Crippen LogP contribution in [-0.2, 0) is 4.79 Å². The van der Waals surface area contributed by atoms with E-state index in [4.69, 9.17) is 5.73 Å². The summed E-state index contributed by atoms with van der Waals surface area (Å²) in [4.78, 5) is 21.7. The average Bonchev–Trinajstić information content (AvgIpc) is 2.75. The molecule has 0 bridgehead atoms. The number of nitrogens with one attached hydrogen (secondary N) is 1. The topological polar surface area (TPSA) is 98.3 Å². The van der Waals surface area contributed by atoms with E-state index in [1.807, 2.05) is 0 Å². The van der Waals surface area contributed by atoms with Crippen LogP contribution in [0.5, 0.6) is 0 Å². The first kappa shape index (κ1) is 13.2. The fraction of sp³-hybridized carbons (Fsp3) is 0.250. The summed E-state index contributed by atoms with van der Waals surface area (Å²) in [6.45, 7) is 0. The van der Waals surface area contributed by atoms with Gasteiger partial charge in [0.15, 0.2) is 0 Å². The van der Waals surface area contributed by atoms with E-state index in [1.54, 1.807) is 12.2 Å². The van der Waals surface area contributed by atoms with Crippen LogP contribution in [0, 0.1) is 21.8 Å². The Hall–Kier alpha value is -2.28. The molecule has 7 heteroatoms. The van der Waals surface area contributed by atoms with Crippen molar-refractivity contribution in [3.63, 3.8) is 0 Å². The molecule has 100 valence electrons. The lowest BCUT2D eigenvalue weighted by Crippen LogP contribution is -2.24. The molecular weight excluding hydrogens is 253 g/mol. The maximum absolute atomic E-state index is 13.2. The molecule has 0 aromatic heterocycles. The van der Waals surface area contributed by atoms with E-state index in [0.717, 1.165) is 18.2 Å².